The predicted molar refractivity (Wildman–Crippen MR) is 85.6 cm³/mol. The zero-order valence-electron chi connectivity index (χ0n) is 14.0. The molecule has 0 saturated carbocycles. The van der Waals surface area contributed by atoms with Crippen LogP contribution >= 0.6 is 0 Å². The van der Waals surface area contributed by atoms with Crippen molar-refractivity contribution in [3.8, 4) is 17.2 Å². The Morgan fingerprint density at radius 2 is 1.71 bits per heavy atom. The molecular formula is C16H28N2O3. The summed E-state index contributed by atoms with van der Waals surface area (Å²) >= 11 is 0. The number of methoxy groups -OCH3 is 3. The van der Waals surface area contributed by atoms with E-state index in [9.17, 15) is 0 Å². The summed E-state index contributed by atoms with van der Waals surface area (Å²) < 4.78 is 16.1. The highest BCUT2D eigenvalue weighted by atomic mass is 16.5. The van der Waals surface area contributed by atoms with Crippen LogP contribution in [0, 0.1) is 0 Å². The number of nitrogens with zero attached hydrogens (tertiary/aromatic N) is 1. The maximum absolute atomic E-state index is 5.47. The maximum atomic E-state index is 5.47. The number of hydrogen-bond donors (Lipinski definition) is 1. The molecule has 1 rings (SSSR count). The third-order valence-electron chi connectivity index (χ3n) is 3.62. The van der Waals surface area contributed by atoms with E-state index in [-0.39, 0.29) is 0 Å². The third kappa shape index (κ3) is 4.79. The van der Waals surface area contributed by atoms with Crippen LogP contribution in [0.2, 0.25) is 0 Å². The van der Waals surface area contributed by atoms with Gasteiger partial charge in [-0.25, -0.2) is 0 Å². The van der Waals surface area contributed by atoms with Gasteiger partial charge < -0.3 is 24.4 Å². The van der Waals surface area contributed by atoms with Crippen LogP contribution in [0.25, 0.3) is 0 Å². The average Bonchev–Trinajstić information content (AvgIpc) is 2.49. The minimum atomic E-state index is 0.558. The van der Waals surface area contributed by atoms with Crippen molar-refractivity contribution in [2.45, 2.75) is 26.4 Å². The zero-order chi connectivity index (χ0) is 15.8. The van der Waals surface area contributed by atoms with E-state index in [0.29, 0.717) is 17.5 Å². The van der Waals surface area contributed by atoms with Crippen molar-refractivity contribution >= 4 is 0 Å². The van der Waals surface area contributed by atoms with E-state index in [0.717, 1.165) is 30.9 Å². The molecule has 0 aromatic heterocycles. The molecule has 0 saturated heterocycles. The van der Waals surface area contributed by atoms with Gasteiger partial charge in [0.15, 0.2) is 11.5 Å². The van der Waals surface area contributed by atoms with Gasteiger partial charge in [0.2, 0.25) is 5.75 Å². The van der Waals surface area contributed by atoms with Crippen LogP contribution in [-0.2, 0) is 6.54 Å². The summed E-state index contributed by atoms with van der Waals surface area (Å²) in [5, 5.41) is 3.43. The topological polar surface area (TPSA) is 43.0 Å². The molecule has 1 N–H and O–H groups in total. The van der Waals surface area contributed by atoms with Gasteiger partial charge in [-0.15, -0.1) is 0 Å². The lowest BCUT2D eigenvalue weighted by Gasteiger charge is -2.21. The first-order valence-corrected chi connectivity index (χ1v) is 7.23. The molecule has 0 atom stereocenters. The Hall–Kier alpha value is -1.46. The average molecular weight is 296 g/mol. The van der Waals surface area contributed by atoms with Crippen LogP contribution in [0.4, 0.5) is 0 Å². The van der Waals surface area contributed by atoms with Gasteiger partial charge >= 0.3 is 0 Å². The molecular weight excluding hydrogens is 268 g/mol. The summed E-state index contributed by atoms with van der Waals surface area (Å²) in [4.78, 5) is 2.30. The Balaban J connectivity index is 2.67. The smallest absolute Gasteiger partial charge is 0.203 e. The van der Waals surface area contributed by atoms with E-state index in [1.165, 1.54) is 0 Å². The van der Waals surface area contributed by atoms with Crippen molar-refractivity contribution in [3.63, 3.8) is 0 Å². The number of nitrogens with one attached hydrogen (secondary N) is 1. The van der Waals surface area contributed by atoms with Crippen molar-refractivity contribution in [2.24, 2.45) is 0 Å². The summed E-state index contributed by atoms with van der Waals surface area (Å²) in [6.45, 7) is 7.05. The molecule has 0 amide bonds. The first-order chi connectivity index (χ1) is 10.0. The minimum Gasteiger partial charge on any atom is -0.493 e. The van der Waals surface area contributed by atoms with Gasteiger partial charge in [0.25, 0.3) is 0 Å². The minimum absolute atomic E-state index is 0.558. The Kier molecular flexibility index (Phi) is 7.32. The van der Waals surface area contributed by atoms with Gasteiger partial charge in [-0.05, 0) is 27.0 Å². The summed E-state index contributed by atoms with van der Waals surface area (Å²) in [6, 6.07) is 4.46. The molecule has 120 valence electrons. The van der Waals surface area contributed by atoms with E-state index in [2.05, 4.69) is 31.1 Å². The molecule has 0 spiro atoms. The van der Waals surface area contributed by atoms with Crippen LogP contribution in [0.15, 0.2) is 12.1 Å². The maximum Gasteiger partial charge on any atom is 0.203 e. The molecule has 1 aromatic rings. The standard InChI is InChI=1S/C16H28N2O3/c1-12(2)18(3)10-9-17-11-13-7-8-14(19-4)16(21-6)15(13)20-5/h7-8,12,17H,9-11H2,1-6H3. The highest BCUT2D eigenvalue weighted by Crippen LogP contribution is 2.39. The van der Waals surface area contributed by atoms with E-state index >= 15 is 0 Å². The molecule has 5 nitrogen and oxygen atoms in total. The van der Waals surface area contributed by atoms with Gasteiger partial charge in [0.1, 0.15) is 0 Å². The second-order valence-electron chi connectivity index (χ2n) is 5.24. The van der Waals surface area contributed by atoms with E-state index < -0.39 is 0 Å². The van der Waals surface area contributed by atoms with Crippen LogP contribution in [0.3, 0.4) is 0 Å². The number of benzene rings is 1. The normalized spacial score (nSPS) is 11.0. The molecule has 0 aliphatic rings. The van der Waals surface area contributed by atoms with Gasteiger partial charge in [0, 0.05) is 31.2 Å². The summed E-state index contributed by atoms with van der Waals surface area (Å²) in [7, 11) is 7.02. The van der Waals surface area contributed by atoms with E-state index in [1.54, 1.807) is 21.3 Å². The van der Waals surface area contributed by atoms with E-state index in [4.69, 9.17) is 14.2 Å². The van der Waals surface area contributed by atoms with Crippen LogP contribution in [-0.4, -0.2) is 52.4 Å². The lowest BCUT2D eigenvalue weighted by molar-refractivity contribution is 0.273. The monoisotopic (exact) mass is 296 g/mol. The first-order valence-electron chi connectivity index (χ1n) is 7.23. The van der Waals surface area contributed by atoms with Crippen LogP contribution in [0.1, 0.15) is 19.4 Å². The molecule has 0 fully saturated rings. The molecule has 0 radical (unpaired) electrons. The third-order valence-corrected chi connectivity index (χ3v) is 3.62. The summed E-state index contributed by atoms with van der Waals surface area (Å²) in [5.74, 6) is 2.04. The fourth-order valence-corrected chi connectivity index (χ4v) is 2.04. The van der Waals surface area contributed by atoms with Gasteiger partial charge in [-0.1, -0.05) is 6.07 Å². The fourth-order valence-electron chi connectivity index (χ4n) is 2.04. The lowest BCUT2D eigenvalue weighted by Crippen LogP contribution is -2.33. The van der Waals surface area contributed by atoms with Gasteiger partial charge in [-0.3, -0.25) is 0 Å². The van der Waals surface area contributed by atoms with Crippen molar-refractivity contribution in [1.82, 2.24) is 10.2 Å². The van der Waals surface area contributed by atoms with Crippen molar-refractivity contribution in [3.05, 3.63) is 17.7 Å². The van der Waals surface area contributed by atoms with Gasteiger partial charge in [-0.2, -0.15) is 0 Å². The summed E-state index contributed by atoms with van der Waals surface area (Å²) in [5.41, 5.74) is 1.06. The molecule has 21 heavy (non-hydrogen) atoms. The molecule has 0 aliphatic heterocycles. The number of rotatable bonds is 9. The first kappa shape index (κ1) is 17.6. The second-order valence-corrected chi connectivity index (χ2v) is 5.24. The second kappa shape index (κ2) is 8.74. The lowest BCUT2D eigenvalue weighted by atomic mass is 10.1. The largest absolute Gasteiger partial charge is 0.493 e. The molecule has 1 aromatic carbocycles. The Morgan fingerprint density at radius 1 is 1.05 bits per heavy atom. The van der Waals surface area contributed by atoms with E-state index in [1.807, 2.05) is 12.1 Å². The van der Waals surface area contributed by atoms with Gasteiger partial charge in [0.05, 0.1) is 21.3 Å². The van der Waals surface area contributed by atoms with Crippen molar-refractivity contribution < 1.29 is 14.2 Å². The molecule has 5 heteroatoms. The summed E-state index contributed by atoms with van der Waals surface area (Å²) in [6.07, 6.45) is 0. The highest BCUT2D eigenvalue weighted by molar-refractivity contribution is 5.55. The Labute approximate surface area is 128 Å². The molecule has 0 heterocycles. The Bertz CT molecular complexity index is 436. The van der Waals surface area contributed by atoms with Crippen molar-refractivity contribution in [1.29, 1.82) is 0 Å². The molecule has 0 unspecified atom stereocenters. The molecule has 0 aliphatic carbocycles. The zero-order valence-corrected chi connectivity index (χ0v) is 14.0. The highest BCUT2D eigenvalue weighted by Gasteiger charge is 2.15. The number of hydrogen-bond acceptors (Lipinski definition) is 5. The predicted octanol–water partition coefficient (Wildman–Crippen LogP) is 2.14. The Morgan fingerprint density at radius 3 is 2.24 bits per heavy atom. The van der Waals surface area contributed by atoms with Crippen LogP contribution < -0.4 is 19.5 Å². The number of ether oxygens (including phenoxy) is 3. The quantitative estimate of drug-likeness (QED) is 0.707. The van der Waals surface area contributed by atoms with Crippen LogP contribution in [0.5, 0.6) is 17.2 Å². The van der Waals surface area contributed by atoms with Crippen molar-refractivity contribution in [2.75, 3.05) is 41.5 Å². The number of likely N-dealkylation sites (N-methyl/N-ethyl adjacent to an activating group) is 1. The molecule has 0 bridgehead atoms. The SMILES string of the molecule is COc1ccc(CNCCN(C)C(C)C)c(OC)c1OC. The fraction of sp³-hybridized carbons (Fsp3) is 0.625.